The number of hydrogen-bond acceptors (Lipinski definition) is 5. The first-order valence-electron chi connectivity index (χ1n) is 10.3. The molecule has 0 unspecified atom stereocenters. The minimum absolute atomic E-state index is 0.0633. The van der Waals surface area contributed by atoms with Gasteiger partial charge < -0.3 is 14.5 Å². The first-order valence-corrected chi connectivity index (χ1v) is 11.8. The lowest BCUT2D eigenvalue weighted by molar-refractivity contribution is -0.133. The molecule has 0 atom stereocenters. The van der Waals surface area contributed by atoms with Crippen LogP contribution < -0.4 is 14.4 Å². The van der Waals surface area contributed by atoms with E-state index >= 15 is 0 Å². The third kappa shape index (κ3) is 5.96. The van der Waals surface area contributed by atoms with Gasteiger partial charge in [0.2, 0.25) is 10.0 Å². The normalized spacial score (nSPS) is 14.6. The molecule has 0 spiro atoms. The van der Waals surface area contributed by atoms with Gasteiger partial charge in [0.1, 0.15) is 5.75 Å². The Kier molecular flexibility index (Phi) is 7.70. The van der Waals surface area contributed by atoms with Crippen molar-refractivity contribution in [1.82, 2.24) is 9.62 Å². The van der Waals surface area contributed by atoms with Crippen molar-refractivity contribution >= 4 is 21.6 Å². The van der Waals surface area contributed by atoms with Gasteiger partial charge >= 0.3 is 0 Å². The smallest absolute Gasteiger partial charge is 0.260 e. The first-order chi connectivity index (χ1) is 14.5. The van der Waals surface area contributed by atoms with E-state index in [-0.39, 0.29) is 17.4 Å². The van der Waals surface area contributed by atoms with E-state index in [1.807, 2.05) is 25.1 Å². The second-order valence-corrected chi connectivity index (χ2v) is 8.98. The van der Waals surface area contributed by atoms with E-state index in [9.17, 15) is 13.2 Å². The molecular weight excluding hydrogens is 402 g/mol. The fourth-order valence-corrected chi connectivity index (χ4v) is 4.35. The standard InChI is InChI=1S/C22H29N3O4S/c1-2-3-13-23-30(27,28)21-11-9-20(10-12-21)29-18-22(26)25-16-14-24(15-17-25)19-7-5-4-6-8-19/h4-12,23H,2-3,13-18H2,1H3. The van der Waals surface area contributed by atoms with Crippen LogP contribution in [0.2, 0.25) is 0 Å². The second kappa shape index (κ2) is 10.4. The number of sulfonamides is 1. The maximum atomic E-state index is 12.5. The minimum atomic E-state index is -3.51. The van der Waals surface area contributed by atoms with Crippen LogP contribution in [-0.2, 0) is 14.8 Å². The highest BCUT2D eigenvalue weighted by Gasteiger charge is 2.21. The average Bonchev–Trinajstić information content (AvgIpc) is 2.78. The molecule has 2 aromatic rings. The zero-order valence-electron chi connectivity index (χ0n) is 17.3. The molecule has 30 heavy (non-hydrogen) atoms. The molecule has 0 saturated carbocycles. The van der Waals surface area contributed by atoms with E-state index in [2.05, 4.69) is 21.8 Å². The summed E-state index contributed by atoms with van der Waals surface area (Å²) < 4.78 is 32.6. The predicted octanol–water partition coefficient (Wildman–Crippen LogP) is 2.49. The van der Waals surface area contributed by atoms with Gasteiger partial charge in [-0.3, -0.25) is 4.79 Å². The number of nitrogens with one attached hydrogen (secondary N) is 1. The number of benzene rings is 2. The number of piperazine rings is 1. The Balaban J connectivity index is 1.46. The number of para-hydroxylation sites is 1. The van der Waals surface area contributed by atoms with Gasteiger partial charge in [0, 0.05) is 38.4 Å². The maximum absolute atomic E-state index is 12.5. The van der Waals surface area contributed by atoms with Crippen LogP contribution in [-0.4, -0.2) is 58.6 Å². The van der Waals surface area contributed by atoms with E-state index in [0.717, 1.165) is 25.9 Å². The molecule has 1 amide bonds. The van der Waals surface area contributed by atoms with Crippen LogP contribution in [0.15, 0.2) is 59.5 Å². The summed E-state index contributed by atoms with van der Waals surface area (Å²) in [7, 11) is -3.51. The van der Waals surface area contributed by atoms with Gasteiger partial charge in [0.05, 0.1) is 4.90 Å². The average molecular weight is 432 g/mol. The zero-order valence-corrected chi connectivity index (χ0v) is 18.1. The van der Waals surface area contributed by atoms with Crippen LogP contribution in [0.25, 0.3) is 0 Å². The SMILES string of the molecule is CCCCNS(=O)(=O)c1ccc(OCC(=O)N2CCN(c3ccccc3)CC2)cc1. The monoisotopic (exact) mass is 431 g/mol. The lowest BCUT2D eigenvalue weighted by Crippen LogP contribution is -2.50. The number of rotatable bonds is 9. The highest BCUT2D eigenvalue weighted by molar-refractivity contribution is 7.89. The molecule has 1 aliphatic rings. The first kappa shape index (κ1) is 22.1. The van der Waals surface area contributed by atoms with Gasteiger partial charge in [-0.05, 0) is 42.8 Å². The lowest BCUT2D eigenvalue weighted by atomic mass is 10.2. The molecule has 1 N–H and O–H groups in total. The van der Waals surface area contributed by atoms with E-state index in [1.165, 1.54) is 17.8 Å². The van der Waals surface area contributed by atoms with Gasteiger partial charge in [-0.25, -0.2) is 13.1 Å². The Morgan fingerprint density at radius 2 is 1.67 bits per heavy atom. The molecule has 1 fully saturated rings. The fourth-order valence-electron chi connectivity index (χ4n) is 3.27. The molecular formula is C22H29N3O4S. The Labute approximate surface area is 178 Å². The molecule has 8 heteroatoms. The second-order valence-electron chi connectivity index (χ2n) is 7.21. The maximum Gasteiger partial charge on any atom is 0.260 e. The van der Waals surface area contributed by atoms with Crippen LogP contribution >= 0.6 is 0 Å². The van der Waals surface area contributed by atoms with Crippen molar-refractivity contribution < 1.29 is 17.9 Å². The molecule has 0 radical (unpaired) electrons. The van der Waals surface area contributed by atoms with E-state index in [1.54, 1.807) is 17.0 Å². The van der Waals surface area contributed by atoms with E-state index in [0.29, 0.717) is 25.4 Å². The topological polar surface area (TPSA) is 78.9 Å². The van der Waals surface area contributed by atoms with Gasteiger partial charge in [0.25, 0.3) is 5.91 Å². The Bertz CT molecular complexity index is 909. The highest BCUT2D eigenvalue weighted by atomic mass is 32.2. The Morgan fingerprint density at radius 1 is 1.00 bits per heavy atom. The van der Waals surface area contributed by atoms with Gasteiger partial charge in [0.15, 0.2) is 6.61 Å². The van der Waals surface area contributed by atoms with Crippen LogP contribution in [0.1, 0.15) is 19.8 Å². The quantitative estimate of drug-likeness (QED) is 0.617. The minimum Gasteiger partial charge on any atom is -0.484 e. The molecule has 0 aromatic heterocycles. The lowest BCUT2D eigenvalue weighted by Gasteiger charge is -2.36. The number of ether oxygens (including phenoxy) is 1. The molecule has 2 aromatic carbocycles. The van der Waals surface area contributed by atoms with Crippen LogP contribution in [0.5, 0.6) is 5.75 Å². The van der Waals surface area contributed by atoms with Crippen molar-refractivity contribution in [3.63, 3.8) is 0 Å². The summed E-state index contributed by atoms with van der Waals surface area (Å²) in [5, 5.41) is 0. The van der Waals surface area contributed by atoms with Crippen LogP contribution in [0.3, 0.4) is 0 Å². The molecule has 1 saturated heterocycles. The van der Waals surface area contributed by atoms with E-state index in [4.69, 9.17) is 4.74 Å². The summed E-state index contributed by atoms with van der Waals surface area (Å²) in [4.78, 5) is 16.7. The van der Waals surface area contributed by atoms with Gasteiger partial charge in [-0.15, -0.1) is 0 Å². The summed E-state index contributed by atoms with van der Waals surface area (Å²) >= 11 is 0. The van der Waals surface area contributed by atoms with Crippen molar-refractivity contribution in [1.29, 1.82) is 0 Å². The molecule has 1 aliphatic heterocycles. The number of amides is 1. The van der Waals surface area contributed by atoms with Crippen molar-refractivity contribution in [2.24, 2.45) is 0 Å². The van der Waals surface area contributed by atoms with Crippen molar-refractivity contribution in [2.75, 3.05) is 44.2 Å². The third-order valence-corrected chi connectivity index (χ3v) is 6.55. The highest BCUT2D eigenvalue weighted by Crippen LogP contribution is 2.17. The molecule has 162 valence electrons. The number of unbranched alkanes of at least 4 members (excludes halogenated alkanes) is 1. The number of hydrogen-bond donors (Lipinski definition) is 1. The number of anilines is 1. The molecule has 3 rings (SSSR count). The molecule has 7 nitrogen and oxygen atoms in total. The van der Waals surface area contributed by atoms with Crippen LogP contribution in [0.4, 0.5) is 5.69 Å². The Hall–Kier alpha value is -2.58. The van der Waals surface area contributed by atoms with Crippen molar-refractivity contribution in [3.8, 4) is 5.75 Å². The molecule has 0 bridgehead atoms. The summed E-state index contributed by atoms with van der Waals surface area (Å²) in [6.45, 7) is 5.23. The Morgan fingerprint density at radius 3 is 2.30 bits per heavy atom. The summed E-state index contributed by atoms with van der Waals surface area (Å²) in [6.07, 6.45) is 1.72. The van der Waals surface area contributed by atoms with Crippen LogP contribution in [0, 0.1) is 0 Å². The number of carbonyl (C=O) groups excluding carboxylic acids is 1. The number of carbonyl (C=O) groups is 1. The fraction of sp³-hybridized carbons (Fsp3) is 0.409. The summed E-state index contributed by atoms with van der Waals surface area (Å²) in [5.41, 5.74) is 1.17. The molecule has 1 heterocycles. The number of nitrogens with zero attached hydrogens (tertiary/aromatic N) is 2. The summed E-state index contributed by atoms with van der Waals surface area (Å²) in [5.74, 6) is 0.402. The van der Waals surface area contributed by atoms with Gasteiger partial charge in [-0.2, -0.15) is 0 Å². The summed E-state index contributed by atoms with van der Waals surface area (Å²) in [6, 6.07) is 16.3. The third-order valence-electron chi connectivity index (χ3n) is 5.07. The van der Waals surface area contributed by atoms with Gasteiger partial charge in [-0.1, -0.05) is 31.5 Å². The van der Waals surface area contributed by atoms with E-state index < -0.39 is 10.0 Å². The molecule has 0 aliphatic carbocycles. The predicted molar refractivity (Wildman–Crippen MR) is 117 cm³/mol. The van der Waals surface area contributed by atoms with Crippen molar-refractivity contribution in [2.45, 2.75) is 24.7 Å². The zero-order chi connectivity index (χ0) is 21.4. The van der Waals surface area contributed by atoms with Crippen molar-refractivity contribution in [3.05, 3.63) is 54.6 Å². The largest absolute Gasteiger partial charge is 0.484 e.